The van der Waals surface area contributed by atoms with E-state index < -0.39 is 11.7 Å². The Balaban J connectivity index is 2.35. The lowest BCUT2D eigenvalue weighted by atomic mass is 10.2. The van der Waals surface area contributed by atoms with E-state index in [2.05, 4.69) is 16.0 Å². The van der Waals surface area contributed by atoms with Crippen LogP contribution in [0.25, 0.3) is 0 Å². The highest BCUT2D eigenvalue weighted by Gasteiger charge is 2.23. The van der Waals surface area contributed by atoms with E-state index in [1.807, 2.05) is 40.8 Å². The third-order valence-corrected chi connectivity index (χ3v) is 2.11. The van der Waals surface area contributed by atoms with Gasteiger partial charge in [-0.3, -0.25) is 0 Å². The van der Waals surface area contributed by atoms with Crippen LogP contribution in [0.5, 0.6) is 0 Å². The Bertz CT molecular complexity index is 294. The molecule has 1 amide bonds. The quantitative estimate of drug-likeness (QED) is 0.665. The Hall–Kier alpha value is -1.39. The van der Waals surface area contributed by atoms with Crippen LogP contribution in [0.3, 0.4) is 0 Å². The highest BCUT2D eigenvalue weighted by molar-refractivity contribution is 5.68. The first-order chi connectivity index (χ1) is 7.28. The van der Waals surface area contributed by atoms with Crippen molar-refractivity contribution in [1.29, 1.82) is 0 Å². The first-order valence-corrected chi connectivity index (χ1v) is 5.47. The first kappa shape index (κ1) is 12.7. The highest BCUT2D eigenvalue weighted by Crippen LogP contribution is 2.07. The molecule has 0 spiro atoms. The largest absolute Gasteiger partial charge is 0.444 e. The molecule has 0 aliphatic carbocycles. The van der Waals surface area contributed by atoms with Crippen molar-refractivity contribution in [3.8, 4) is 0 Å². The molecule has 0 aromatic carbocycles. The van der Waals surface area contributed by atoms with Gasteiger partial charge in [0.2, 0.25) is 0 Å². The average Bonchev–Trinajstić information content (AvgIpc) is 2.47. The van der Waals surface area contributed by atoms with E-state index in [0.29, 0.717) is 0 Å². The third kappa shape index (κ3) is 4.00. The van der Waals surface area contributed by atoms with Gasteiger partial charge in [0.1, 0.15) is 11.8 Å². The molecule has 1 unspecified atom stereocenters. The molecule has 3 N–H and O–H groups in total. The molecule has 16 heavy (non-hydrogen) atoms. The van der Waals surface area contributed by atoms with Gasteiger partial charge in [0.25, 0.3) is 0 Å². The average molecular weight is 227 g/mol. The topological polar surface area (TPSA) is 62.4 Å². The molecule has 1 aliphatic rings. The molecule has 0 aromatic rings. The molecule has 2 atom stereocenters. The van der Waals surface area contributed by atoms with Crippen molar-refractivity contribution in [2.75, 3.05) is 0 Å². The molecule has 1 aliphatic heterocycles. The molecule has 92 valence electrons. The van der Waals surface area contributed by atoms with Crippen molar-refractivity contribution < 1.29 is 9.53 Å². The Labute approximate surface area is 96.6 Å². The number of hydrogen-bond acceptors (Lipinski definition) is 4. The van der Waals surface area contributed by atoms with Crippen molar-refractivity contribution in [1.82, 2.24) is 16.0 Å². The van der Waals surface area contributed by atoms with E-state index in [1.54, 1.807) is 0 Å². The molecule has 0 bridgehead atoms. The number of ether oxygens (including phenoxy) is 1. The molecule has 1 heterocycles. The SMILES string of the molecule is CC1=CNC([C@H](C)NC(=O)OC(C)(C)C)N1. The second-order valence-electron chi connectivity index (χ2n) is 5.05. The molecular weight excluding hydrogens is 206 g/mol. The minimum atomic E-state index is -0.464. The maximum atomic E-state index is 11.5. The molecular formula is C11H21N3O2. The summed E-state index contributed by atoms with van der Waals surface area (Å²) >= 11 is 0. The maximum absolute atomic E-state index is 11.5. The molecule has 1 rings (SSSR count). The lowest BCUT2D eigenvalue weighted by Gasteiger charge is -2.25. The summed E-state index contributed by atoms with van der Waals surface area (Å²) in [6.07, 6.45) is 1.51. The monoisotopic (exact) mass is 227 g/mol. The third-order valence-electron chi connectivity index (χ3n) is 2.11. The van der Waals surface area contributed by atoms with E-state index in [4.69, 9.17) is 4.74 Å². The molecule has 0 saturated heterocycles. The van der Waals surface area contributed by atoms with Crippen molar-refractivity contribution in [3.05, 3.63) is 11.9 Å². The van der Waals surface area contributed by atoms with E-state index in [9.17, 15) is 4.79 Å². The van der Waals surface area contributed by atoms with Gasteiger partial charge < -0.3 is 20.7 Å². The van der Waals surface area contributed by atoms with Crippen molar-refractivity contribution in [3.63, 3.8) is 0 Å². The summed E-state index contributed by atoms with van der Waals surface area (Å²) in [4.78, 5) is 11.5. The fourth-order valence-corrected chi connectivity index (χ4v) is 1.39. The van der Waals surface area contributed by atoms with E-state index in [1.165, 1.54) is 0 Å². The van der Waals surface area contributed by atoms with Gasteiger partial charge in [-0.2, -0.15) is 0 Å². The number of nitrogens with one attached hydrogen (secondary N) is 3. The summed E-state index contributed by atoms with van der Waals surface area (Å²) in [5.74, 6) is 0. The van der Waals surface area contributed by atoms with Crippen molar-refractivity contribution in [2.24, 2.45) is 0 Å². The van der Waals surface area contributed by atoms with Crippen LogP contribution in [-0.4, -0.2) is 23.9 Å². The Morgan fingerprint density at radius 2 is 2.19 bits per heavy atom. The van der Waals surface area contributed by atoms with Crippen LogP contribution in [0.1, 0.15) is 34.6 Å². The van der Waals surface area contributed by atoms with Gasteiger partial charge in [-0.05, 0) is 34.6 Å². The van der Waals surface area contributed by atoms with Crippen LogP contribution in [0.4, 0.5) is 4.79 Å². The second kappa shape index (κ2) is 4.63. The number of alkyl carbamates (subject to hydrolysis) is 1. The molecule has 5 nitrogen and oxygen atoms in total. The van der Waals surface area contributed by atoms with Gasteiger partial charge in [0, 0.05) is 11.9 Å². The van der Waals surface area contributed by atoms with Crippen molar-refractivity contribution in [2.45, 2.75) is 52.4 Å². The van der Waals surface area contributed by atoms with E-state index >= 15 is 0 Å². The second-order valence-corrected chi connectivity index (χ2v) is 5.05. The zero-order valence-electron chi connectivity index (χ0n) is 10.5. The summed E-state index contributed by atoms with van der Waals surface area (Å²) in [7, 11) is 0. The summed E-state index contributed by atoms with van der Waals surface area (Å²) in [5, 5.41) is 9.11. The van der Waals surface area contributed by atoms with Crippen molar-refractivity contribution >= 4 is 6.09 Å². The standard InChI is InChI=1S/C11H21N3O2/c1-7-6-12-9(13-7)8(2)14-10(15)16-11(3,4)5/h6,8-9,12-13H,1-5H3,(H,14,15)/t8-,9?/m0/s1. The Morgan fingerprint density at radius 3 is 2.62 bits per heavy atom. The number of carbonyl (C=O) groups excluding carboxylic acids is 1. The van der Waals surface area contributed by atoms with Gasteiger partial charge in [-0.1, -0.05) is 0 Å². The number of carbonyl (C=O) groups is 1. The van der Waals surface area contributed by atoms with Crippen LogP contribution < -0.4 is 16.0 Å². The van der Waals surface area contributed by atoms with Crippen LogP contribution in [-0.2, 0) is 4.74 Å². The minimum Gasteiger partial charge on any atom is -0.444 e. The molecule has 0 saturated carbocycles. The minimum absolute atomic E-state index is 0.0209. The van der Waals surface area contributed by atoms with Gasteiger partial charge in [0.05, 0.1) is 6.04 Å². The van der Waals surface area contributed by atoms with E-state index in [0.717, 1.165) is 5.70 Å². The highest BCUT2D eigenvalue weighted by atomic mass is 16.6. The number of rotatable bonds is 2. The molecule has 0 aromatic heterocycles. The number of allylic oxidation sites excluding steroid dienone is 1. The summed E-state index contributed by atoms with van der Waals surface area (Å²) in [6, 6.07) is -0.0523. The molecule has 5 heteroatoms. The van der Waals surface area contributed by atoms with Crippen LogP contribution in [0.2, 0.25) is 0 Å². The van der Waals surface area contributed by atoms with Crippen LogP contribution >= 0.6 is 0 Å². The summed E-state index contributed by atoms with van der Waals surface area (Å²) < 4.78 is 5.17. The number of hydrogen-bond donors (Lipinski definition) is 3. The lowest BCUT2D eigenvalue weighted by Crippen LogP contribution is -2.51. The number of amides is 1. The van der Waals surface area contributed by atoms with Crippen LogP contribution in [0, 0.1) is 0 Å². The fourth-order valence-electron chi connectivity index (χ4n) is 1.39. The van der Waals surface area contributed by atoms with E-state index in [-0.39, 0.29) is 12.2 Å². The van der Waals surface area contributed by atoms with Gasteiger partial charge >= 0.3 is 6.09 Å². The van der Waals surface area contributed by atoms with Gasteiger partial charge in [0.15, 0.2) is 0 Å². The smallest absolute Gasteiger partial charge is 0.408 e. The predicted octanol–water partition coefficient (Wildman–Crippen LogP) is 1.28. The normalized spacial score (nSPS) is 21.6. The fraction of sp³-hybridized carbons (Fsp3) is 0.727. The van der Waals surface area contributed by atoms with Crippen LogP contribution in [0.15, 0.2) is 11.9 Å². The predicted molar refractivity (Wildman–Crippen MR) is 62.6 cm³/mol. The zero-order valence-corrected chi connectivity index (χ0v) is 10.5. The summed E-state index contributed by atoms with van der Waals surface area (Å²) in [6.45, 7) is 9.41. The molecule has 0 fully saturated rings. The van der Waals surface area contributed by atoms with Gasteiger partial charge in [-0.25, -0.2) is 4.79 Å². The lowest BCUT2D eigenvalue weighted by molar-refractivity contribution is 0.0497. The van der Waals surface area contributed by atoms with Gasteiger partial charge in [-0.15, -0.1) is 0 Å². The first-order valence-electron chi connectivity index (χ1n) is 5.47. The zero-order chi connectivity index (χ0) is 12.3. The Kier molecular flexibility index (Phi) is 3.67. The Morgan fingerprint density at radius 1 is 1.56 bits per heavy atom. The molecule has 0 radical (unpaired) electrons. The maximum Gasteiger partial charge on any atom is 0.408 e. The summed E-state index contributed by atoms with van der Waals surface area (Å²) in [5.41, 5.74) is 0.594.